The molecule has 0 fully saturated rings. The van der Waals surface area contributed by atoms with Crippen molar-refractivity contribution in [3.05, 3.63) is 62.4 Å². The molecular formula is C17H16BrCl2N5O. The van der Waals surface area contributed by atoms with E-state index < -0.39 is 0 Å². The standard InChI is InChI=1S/C17H16BrCl2N5O/c1-11-14(18)9-24(22-11)7-6-16(26)21-17-15(20)10-25(23-17)8-12-2-4-13(19)5-3-12/h2-5,9-10H,6-8H2,1H3,(H,21,23,26). The highest BCUT2D eigenvalue weighted by molar-refractivity contribution is 9.10. The third-order valence-corrected chi connectivity index (χ3v) is 4.99. The highest BCUT2D eigenvalue weighted by Gasteiger charge is 2.12. The molecule has 1 amide bonds. The molecule has 26 heavy (non-hydrogen) atoms. The number of halogens is 3. The zero-order valence-electron chi connectivity index (χ0n) is 13.9. The van der Waals surface area contributed by atoms with Gasteiger partial charge in [-0.25, -0.2) is 0 Å². The molecule has 0 spiro atoms. The number of aromatic nitrogens is 4. The molecule has 3 aromatic rings. The quantitative estimate of drug-likeness (QED) is 0.592. The third-order valence-electron chi connectivity index (χ3n) is 3.69. The van der Waals surface area contributed by atoms with Crippen LogP contribution in [0.1, 0.15) is 17.7 Å². The van der Waals surface area contributed by atoms with Gasteiger partial charge in [-0.15, -0.1) is 0 Å². The Morgan fingerprint density at radius 1 is 1.15 bits per heavy atom. The van der Waals surface area contributed by atoms with E-state index in [1.165, 1.54) is 0 Å². The molecule has 1 N–H and O–H groups in total. The largest absolute Gasteiger partial charge is 0.308 e. The summed E-state index contributed by atoms with van der Waals surface area (Å²) in [6, 6.07) is 7.47. The van der Waals surface area contributed by atoms with Gasteiger partial charge in [0.2, 0.25) is 5.91 Å². The Labute approximate surface area is 169 Å². The average molecular weight is 457 g/mol. The van der Waals surface area contributed by atoms with Gasteiger partial charge in [0.05, 0.1) is 16.7 Å². The first-order valence-electron chi connectivity index (χ1n) is 7.87. The average Bonchev–Trinajstić information content (AvgIpc) is 3.10. The maximum absolute atomic E-state index is 12.1. The molecule has 0 aliphatic carbocycles. The van der Waals surface area contributed by atoms with Crippen LogP contribution < -0.4 is 5.32 Å². The Morgan fingerprint density at radius 2 is 1.88 bits per heavy atom. The first-order valence-corrected chi connectivity index (χ1v) is 9.42. The number of amides is 1. The fourth-order valence-electron chi connectivity index (χ4n) is 2.36. The maximum Gasteiger partial charge on any atom is 0.227 e. The lowest BCUT2D eigenvalue weighted by molar-refractivity contribution is -0.116. The molecule has 2 aromatic heterocycles. The van der Waals surface area contributed by atoms with Gasteiger partial charge in [0.15, 0.2) is 5.82 Å². The number of anilines is 1. The van der Waals surface area contributed by atoms with Crippen LogP contribution in [0.2, 0.25) is 10.0 Å². The molecule has 136 valence electrons. The normalized spacial score (nSPS) is 10.9. The summed E-state index contributed by atoms with van der Waals surface area (Å²) in [5.41, 5.74) is 1.92. The number of aryl methyl sites for hydroxylation is 2. The van der Waals surface area contributed by atoms with Crippen LogP contribution in [0.3, 0.4) is 0 Å². The highest BCUT2D eigenvalue weighted by Crippen LogP contribution is 2.21. The van der Waals surface area contributed by atoms with Crippen LogP contribution in [0.4, 0.5) is 5.82 Å². The van der Waals surface area contributed by atoms with Gasteiger partial charge in [-0.1, -0.05) is 35.3 Å². The molecule has 1 aromatic carbocycles. The zero-order chi connectivity index (χ0) is 18.7. The number of carbonyl (C=O) groups is 1. The summed E-state index contributed by atoms with van der Waals surface area (Å²) in [5, 5.41) is 12.4. The summed E-state index contributed by atoms with van der Waals surface area (Å²) in [4.78, 5) is 12.1. The van der Waals surface area contributed by atoms with Gasteiger partial charge in [0.25, 0.3) is 0 Å². The summed E-state index contributed by atoms with van der Waals surface area (Å²) in [6.45, 7) is 2.91. The van der Waals surface area contributed by atoms with Crippen LogP contribution in [-0.4, -0.2) is 25.5 Å². The molecule has 0 unspecified atom stereocenters. The predicted molar refractivity (Wildman–Crippen MR) is 106 cm³/mol. The van der Waals surface area contributed by atoms with E-state index in [0.29, 0.717) is 29.0 Å². The maximum atomic E-state index is 12.1. The number of benzene rings is 1. The summed E-state index contributed by atoms with van der Waals surface area (Å²) >= 11 is 15.5. The minimum absolute atomic E-state index is 0.173. The molecule has 3 rings (SSSR count). The Bertz CT molecular complexity index is 900. The Morgan fingerprint density at radius 3 is 2.54 bits per heavy atom. The van der Waals surface area contributed by atoms with E-state index in [4.69, 9.17) is 23.2 Å². The van der Waals surface area contributed by atoms with Crippen molar-refractivity contribution in [2.75, 3.05) is 5.32 Å². The minimum Gasteiger partial charge on any atom is -0.308 e. The summed E-state index contributed by atoms with van der Waals surface area (Å²) in [7, 11) is 0. The molecular weight excluding hydrogens is 441 g/mol. The van der Waals surface area contributed by atoms with Crippen molar-refractivity contribution in [2.24, 2.45) is 0 Å². The molecule has 9 heteroatoms. The van der Waals surface area contributed by atoms with E-state index in [9.17, 15) is 4.79 Å². The Balaban J connectivity index is 1.58. The second-order valence-corrected chi connectivity index (χ2v) is 7.47. The lowest BCUT2D eigenvalue weighted by Crippen LogP contribution is -2.15. The van der Waals surface area contributed by atoms with Crippen molar-refractivity contribution in [3.8, 4) is 0 Å². The fraction of sp³-hybridized carbons (Fsp3) is 0.235. The first-order chi connectivity index (χ1) is 12.4. The molecule has 0 bridgehead atoms. The Kier molecular flexibility index (Phi) is 6.01. The lowest BCUT2D eigenvalue weighted by Gasteiger charge is -2.04. The molecule has 0 saturated carbocycles. The van der Waals surface area contributed by atoms with E-state index >= 15 is 0 Å². The monoisotopic (exact) mass is 455 g/mol. The van der Waals surface area contributed by atoms with Crippen molar-refractivity contribution in [1.29, 1.82) is 0 Å². The van der Waals surface area contributed by atoms with Gasteiger partial charge in [-0.05, 0) is 40.5 Å². The summed E-state index contributed by atoms with van der Waals surface area (Å²) in [5.74, 6) is 0.177. The van der Waals surface area contributed by atoms with Gasteiger partial charge in [-0.3, -0.25) is 14.2 Å². The topological polar surface area (TPSA) is 64.7 Å². The van der Waals surface area contributed by atoms with Crippen molar-refractivity contribution in [2.45, 2.75) is 26.4 Å². The number of nitrogens with one attached hydrogen (secondary N) is 1. The third kappa shape index (κ3) is 4.87. The lowest BCUT2D eigenvalue weighted by atomic mass is 10.2. The van der Waals surface area contributed by atoms with Crippen molar-refractivity contribution in [3.63, 3.8) is 0 Å². The van der Waals surface area contributed by atoms with Crippen molar-refractivity contribution >= 4 is 50.9 Å². The molecule has 0 atom stereocenters. The first kappa shape index (κ1) is 18.9. The van der Waals surface area contributed by atoms with Gasteiger partial charge >= 0.3 is 0 Å². The van der Waals surface area contributed by atoms with Crippen LogP contribution in [0.15, 0.2) is 41.1 Å². The molecule has 6 nitrogen and oxygen atoms in total. The predicted octanol–water partition coefficient (Wildman–Crippen LogP) is 4.53. The fourth-order valence-corrected chi connectivity index (χ4v) is 3.00. The van der Waals surface area contributed by atoms with Gasteiger partial charge < -0.3 is 5.32 Å². The van der Waals surface area contributed by atoms with Gasteiger partial charge in [0.1, 0.15) is 5.02 Å². The van der Waals surface area contributed by atoms with Gasteiger partial charge in [0, 0.05) is 30.4 Å². The van der Waals surface area contributed by atoms with E-state index in [0.717, 1.165) is 15.7 Å². The summed E-state index contributed by atoms with van der Waals surface area (Å²) < 4.78 is 4.32. The van der Waals surface area contributed by atoms with E-state index in [1.807, 2.05) is 37.4 Å². The number of carbonyl (C=O) groups excluding carboxylic acids is 1. The van der Waals surface area contributed by atoms with E-state index in [1.54, 1.807) is 15.6 Å². The van der Waals surface area contributed by atoms with Crippen LogP contribution in [0.25, 0.3) is 0 Å². The van der Waals surface area contributed by atoms with Crippen LogP contribution >= 0.6 is 39.1 Å². The second kappa shape index (κ2) is 8.24. The zero-order valence-corrected chi connectivity index (χ0v) is 17.0. The molecule has 2 heterocycles. The minimum atomic E-state index is -0.173. The molecule has 0 saturated heterocycles. The summed E-state index contributed by atoms with van der Waals surface area (Å²) in [6.07, 6.45) is 3.80. The van der Waals surface area contributed by atoms with Crippen LogP contribution in [0.5, 0.6) is 0 Å². The number of hydrogen-bond acceptors (Lipinski definition) is 3. The number of hydrogen-bond donors (Lipinski definition) is 1. The Hall–Kier alpha value is -1.83. The van der Waals surface area contributed by atoms with E-state index in [2.05, 4.69) is 31.4 Å². The number of rotatable bonds is 6. The van der Waals surface area contributed by atoms with E-state index in [-0.39, 0.29) is 12.3 Å². The number of nitrogens with zero attached hydrogens (tertiary/aromatic N) is 4. The molecule has 0 aliphatic heterocycles. The SMILES string of the molecule is Cc1nn(CCC(=O)Nc2nn(Cc3ccc(Cl)cc3)cc2Cl)cc1Br. The second-order valence-electron chi connectivity index (χ2n) is 5.77. The van der Waals surface area contributed by atoms with Crippen molar-refractivity contribution < 1.29 is 4.79 Å². The molecule has 0 radical (unpaired) electrons. The van der Waals surface area contributed by atoms with Crippen LogP contribution in [0, 0.1) is 6.92 Å². The van der Waals surface area contributed by atoms with Crippen LogP contribution in [-0.2, 0) is 17.9 Å². The van der Waals surface area contributed by atoms with Crippen molar-refractivity contribution in [1.82, 2.24) is 19.6 Å². The van der Waals surface area contributed by atoms with Gasteiger partial charge in [-0.2, -0.15) is 10.2 Å². The smallest absolute Gasteiger partial charge is 0.227 e. The molecule has 0 aliphatic rings. The highest BCUT2D eigenvalue weighted by atomic mass is 79.9.